The van der Waals surface area contributed by atoms with Crippen molar-refractivity contribution in [2.24, 2.45) is 5.73 Å². The van der Waals surface area contributed by atoms with Gasteiger partial charge in [-0.15, -0.1) is 0 Å². The fraction of sp³-hybridized carbons (Fsp3) is 0.500. The zero-order valence-corrected chi connectivity index (χ0v) is 13.1. The van der Waals surface area contributed by atoms with Crippen LogP contribution in [0.1, 0.15) is 50.4 Å². The van der Waals surface area contributed by atoms with Gasteiger partial charge in [-0.3, -0.25) is 0 Å². The summed E-state index contributed by atoms with van der Waals surface area (Å²) in [5, 5.41) is 4.02. The Labute approximate surface area is 125 Å². The van der Waals surface area contributed by atoms with Crippen molar-refractivity contribution in [2.75, 3.05) is 7.11 Å². The first-order valence-electron chi connectivity index (χ1n) is 7.18. The highest BCUT2D eigenvalue weighted by Gasteiger charge is 2.27. The largest absolute Gasteiger partial charge is 0.497 e. The number of rotatable bonds is 6. The fourth-order valence-electron chi connectivity index (χ4n) is 2.01. The molecular weight excluding hydrogens is 266 g/mol. The van der Waals surface area contributed by atoms with Gasteiger partial charge >= 0.3 is 0 Å². The summed E-state index contributed by atoms with van der Waals surface area (Å²) >= 11 is 0. The van der Waals surface area contributed by atoms with Gasteiger partial charge in [0.2, 0.25) is 5.89 Å². The van der Waals surface area contributed by atoms with Crippen molar-refractivity contribution in [1.82, 2.24) is 10.1 Å². The number of aryl methyl sites for hydroxylation is 1. The summed E-state index contributed by atoms with van der Waals surface area (Å²) in [5.74, 6) is 2.27. The van der Waals surface area contributed by atoms with Gasteiger partial charge in [0.1, 0.15) is 5.75 Å². The van der Waals surface area contributed by atoms with Gasteiger partial charge in [-0.25, -0.2) is 0 Å². The van der Waals surface area contributed by atoms with Crippen molar-refractivity contribution >= 4 is 0 Å². The monoisotopic (exact) mass is 289 g/mol. The highest BCUT2D eigenvalue weighted by molar-refractivity contribution is 5.27. The number of benzene rings is 1. The lowest BCUT2D eigenvalue weighted by molar-refractivity contribution is 0.340. The van der Waals surface area contributed by atoms with Crippen molar-refractivity contribution in [1.29, 1.82) is 0 Å². The Morgan fingerprint density at radius 2 is 1.95 bits per heavy atom. The first-order valence-corrected chi connectivity index (χ1v) is 7.18. The maximum Gasteiger partial charge on any atom is 0.229 e. The van der Waals surface area contributed by atoms with Crippen LogP contribution in [0.3, 0.4) is 0 Å². The Bertz CT molecular complexity index is 573. The molecule has 1 aromatic heterocycles. The minimum Gasteiger partial charge on any atom is -0.497 e. The third kappa shape index (κ3) is 3.82. The molecule has 5 heteroatoms. The minimum absolute atomic E-state index is 0.212. The summed E-state index contributed by atoms with van der Waals surface area (Å²) < 4.78 is 10.4. The van der Waals surface area contributed by atoms with Gasteiger partial charge in [0.05, 0.1) is 12.6 Å². The number of nitrogens with two attached hydrogens (primary N) is 1. The van der Waals surface area contributed by atoms with Crippen LogP contribution in [0, 0.1) is 0 Å². The van der Waals surface area contributed by atoms with E-state index < -0.39 is 5.54 Å². The average Bonchev–Trinajstić information content (AvgIpc) is 2.97. The SMILES string of the molecule is COc1ccc(CCC(C)(N)c2noc(C(C)C)n2)cc1. The molecule has 21 heavy (non-hydrogen) atoms. The maximum absolute atomic E-state index is 6.35. The average molecular weight is 289 g/mol. The third-order valence-electron chi connectivity index (χ3n) is 3.54. The van der Waals surface area contributed by atoms with Crippen LogP contribution in [0.5, 0.6) is 5.75 Å². The fourth-order valence-corrected chi connectivity index (χ4v) is 2.01. The number of aromatic nitrogens is 2. The quantitative estimate of drug-likeness (QED) is 0.884. The van der Waals surface area contributed by atoms with Crippen LogP contribution in [0.2, 0.25) is 0 Å². The summed E-state index contributed by atoms with van der Waals surface area (Å²) in [6.45, 7) is 5.97. The molecule has 2 rings (SSSR count). The van der Waals surface area contributed by atoms with E-state index in [9.17, 15) is 0 Å². The van der Waals surface area contributed by atoms with Crippen molar-refractivity contribution in [3.05, 3.63) is 41.5 Å². The Hall–Kier alpha value is -1.88. The summed E-state index contributed by atoms with van der Waals surface area (Å²) in [4.78, 5) is 4.40. The highest BCUT2D eigenvalue weighted by atomic mass is 16.5. The molecule has 5 nitrogen and oxygen atoms in total. The van der Waals surface area contributed by atoms with Crippen molar-refractivity contribution in [2.45, 2.75) is 45.1 Å². The van der Waals surface area contributed by atoms with Gasteiger partial charge in [-0.05, 0) is 37.5 Å². The molecule has 1 aromatic carbocycles. The molecule has 0 amide bonds. The van der Waals surface area contributed by atoms with Gasteiger partial charge in [0.15, 0.2) is 5.82 Å². The van der Waals surface area contributed by atoms with Crippen LogP contribution in [-0.4, -0.2) is 17.3 Å². The predicted octanol–water partition coefficient (Wildman–Crippen LogP) is 3.01. The van der Waals surface area contributed by atoms with Crippen molar-refractivity contribution in [3.63, 3.8) is 0 Å². The van der Waals surface area contributed by atoms with E-state index in [1.807, 2.05) is 45.0 Å². The first-order chi connectivity index (χ1) is 9.92. The minimum atomic E-state index is -0.601. The van der Waals surface area contributed by atoms with Crippen LogP contribution in [0.4, 0.5) is 0 Å². The zero-order chi connectivity index (χ0) is 15.5. The van der Waals surface area contributed by atoms with E-state index in [1.54, 1.807) is 7.11 Å². The molecule has 1 atom stereocenters. The Balaban J connectivity index is 2.02. The normalized spacial score (nSPS) is 14.2. The second kappa shape index (κ2) is 6.26. The molecule has 0 saturated carbocycles. The Morgan fingerprint density at radius 1 is 1.29 bits per heavy atom. The van der Waals surface area contributed by atoms with Gasteiger partial charge in [0, 0.05) is 5.92 Å². The van der Waals surface area contributed by atoms with Crippen molar-refractivity contribution in [3.8, 4) is 5.75 Å². The van der Waals surface area contributed by atoms with Crippen LogP contribution in [0.25, 0.3) is 0 Å². The van der Waals surface area contributed by atoms with Crippen molar-refractivity contribution < 1.29 is 9.26 Å². The van der Waals surface area contributed by atoms with E-state index in [-0.39, 0.29) is 5.92 Å². The van der Waals surface area contributed by atoms with E-state index >= 15 is 0 Å². The predicted molar refractivity (Wildman–Crippen MR) is 81.2 cm³/mol. The number of hydrogen-bond donors (Lipinski definition) is 1. The first kappa shape index (κ1) is 15.5. The third-order valence-corrected chi connectivity index (χ3v) is 3.54. The summed E-state index contributed by atoms with van der Waals surface area (Å²) in [6.07, 6.45) is 1.60. The second-order valence-electron chi connectivity index (χ2n) is 5.88. The van der Waals surface area contributed by atoms with Gasteiger partial charge < -0.3 is 15.0 Å². The molecule has 0 spiro atoms. The molecule has 0 saturated heterocycles. The van der Waals surface area contributed by atoms with Crippen LogP contribution in [0.15, 0.2) is 28.8 Å². The van der Waals surface area contributed by atoms with Crippen LogP contribution in [-0.2, 0) is 12.0 Å². The molecule has 0 bridgehead atoms. The molecule has 2 aromatic rings. The highest BCUT2D eigenvalue weighted by Crippen LogP contribution is 2.23. The molecule has 0 radical (unpaired) electrons. The standard InChI is InChI=1S/C16H23N3O2/c1-11(2)14-18-15(19-21-14)16(3,17)10-9-12-5-7-13(20-4)8-6-12/h5-8,11H,9-10,17H2,1-4H3. The van der Waals surface area contributed by atoms with E-state index in [4.69, 9.17) is 15.0 Å². The number of ether oxygens (including phenoxy) is 1. The lowest BCUT2D eigenvalue weighted by Gasteiger charge is -2.20. The molecule has 1 heterocycles. The molecule has 0 fully saturated rings. The van der Waals surface area contributed by atoms with Gasteiger partial charge in [0.25, 0.3) is 0 Å². The summed E-state index contributed by atoms with van der Waals surface area (Å²) in [5.41, 5.74) is 6.95. The van der Waals surface area contributed by atoms with E-state index in [2.05, 4.69) is 10.1 Å². The molecular formula is C16H23N3O2. The smallest absolute Gasteiger partial charge is 0.229 e. The summed E-state index contributed by atoms with van der Waals surface area (Å²) in [7, 11) is 1.66. The molecule has 2 N–H and O–H groups in total. The molecule has 0 aliphatic heterocycles. The lowest BCUT2D eigenvalue weighted by atomic mass is 9.93. The number of methoxy groups -OCH3 is 1. The van der Waals surface area contributed by atoms with E-state index in [0.29, 0.717) is 11.7 Å². The van der Waals surface area contributed by atoms with Gasteiger partial charge in [-0.2, -0.15) is 4.98 Å². The van der Waals surface area contributed by atoms with E-state index in [0.717, 1.165) is 18.6 Å². The molecule has 0 aliphatic carbocycles. The zero-order valence-electron chi connectivity index (χ0n) is 13.1. The van der Waals surface area contributed by atoms with E-state index in [1.165, 1.54) is 5.56 Å². The lowest BCUT2D eigenvalue weighted by Crippen LogP contribution is -2.35. The topological polar surface area (TPSA) is 74.2 Å². The maximum atomic E-state index is 6.35. The van der Waals surface area contributed by atoms with Crippen LogP contribution < -0.4 is 10.5 Å². The molecule has 1 unspecified atom stereocenters. The second-order valence-corrected chi connectivity index (χ2v) is 5.88. The Morgan fingerprint density at radius 3 is 2.48 bits per heavy atom. The number of nitrogens with zero attached hydrogens (tertiary/aromatic N) is 2. The number of hydrogen-bond acceptors (Lipinski definition) is 5. The summed E-state index contributed by atoms with van der Waals surface area (Å²) in [6, 6.07) is 8.00. The molecule has 114 valence electrons. The van der Waals surface area contributed by atoms with Gasteiger partial charge in [-0.1, -0.05) is 31.1 Å². The molecule has 0 aliphatic rings. The van der Waals surface area contributed by atoms with Crippen LogP contribution >= 0.6 is 0 Å². The Kier molecular flexibility index (Phi) is 4.63.